The van der Waals surface area contributed by atoms with Gasteiger partial charge in [-0.15, -0.1) is 0 Å². The van der Waals surface area contributed by atoms with E-state index in [0.717, 1.165) is 5.56 Å². The van der Waals surface area contributed by atoms with E-state index in [0.29, 0.717) is 23.8 Å². The van der Waals surface area contributed by atoms with Crippen LogP contribution in [0.2, 0.25) is 0 Å². The Bertz CT molecular complexity index is 698. The fourth-order valence-electron chi connectivity index (χ4n) is 2.23. The first-order valence-corrected chi connectivity index (χ1v) is 8.02. The average Bonchev–Trinajstić information content (AvgIpc) is 2.97. The molecule has 0 aliphatic rings. The van der Waals surface area contributed by atoms with E-state index < -0.39 is 16.1 Å². The quantitative estimate of drug-likeness (QED) is 0.841. The van der Waals surface area contributed by atoms with Gasteiger partial charge in [-0.3, -0.25) is 0 Å². The summed E-state index contributed by atoms with van der Waals surface area (Å²) in [5.74, 6) is 1.15. The topological polar surface area (TPSA) is 97.4 Å². The van der Waals surface area contributed by atoms with Gasteiger partial charge in [0.05, 0.1) is 12.2 Å². The molecule has 0 amide bonds. The van der Waals surface area contributed by atoms with E-state index in [1.54, 1.807) is 33.9 Å². The van der Waals surface area contributed by atoms with Crippen molar-refractivity contribution in [3.63, 3.8) is 0 Å². The fraction of sp³-hybridized carbons (Fsp3) is 0.462. The average molecular weight is 313 g/mol. The van der Waals surface area contributed by atoms with Crippen molar-refractivity contribution in [1.29, 1.82) is 0 Å². The van der Waals surface area contributed by atoms with Crippen LogP contribution in [0.1, 0.15) is 35.7 Å². The van der Waals surface area contributed by atoms with Crippen LogP contribution >= 0.6 is 0 Å². The third kappa shape index (κ3) is 3.34. The lowest BCUT2D eigenvalue weighted by Crippen LogP contribution is -2.27. The van der Waals surface area contributed by atoms with Gasteiger partial charge in [-0.25, -0.2) is 13.1 Å². The molecular weight excluding hydrogens is 294 g/mol. The number of aryl methyl sites for hydroxylation is 2. The second-order valence-corrected chi connectivity index (χ2v) is 6.48. The summed E-state index contributed by atoms with van der Waals surface area (Å²) in [7, 11) is -1.97. The molecule has 21 heavy (non-hydrogen) atoms. The van der Waals surface area contributed by atoms with Gasteiger partial charge in [-0.05, 0) is 40.0 Å². The number of nitrogens with zero attached hydrogens (tertiary/aromatic N) is 1. The maximum absolute atomic E-state index is 12.3. The highest BCUT2D eigenvalue weighted by atomic mass is 32.2. The van der Waals surface area contributed by atoms with E-state index in [1.165, 1.54) is 6.07 Å². The summed E-state index contributed by atoms with van der Waals surface area (Å²) in [6, 6.07) is 2.61. The molecule has 2 rings (SSSR count). The predicted octanol–water partition coefficient (Wildman–Crippen LogP) is 1.64. The summed E-state index contributed by atoms with van der Waals surface area (Å²) in [6.45, 7) is 5.73. The maximum atomic E-state index is 12.3. The summed E-state index contributed by atoms with van der Waals surface area (Å²) in [5.41, 5.74) is 1.40. The van der Waals surface area contributed by atoms with Crippen LogP contribution in [-0.2, 0) is 16.6 Å². The summed E-state index contributed by atoms with van der Waals surface area (Å²) in [5, 5.41) is 6.62. The van der Waals surface area contributed by atoms with Crippen molar-refractivity contribution in [2.45, 2.75) is 38.5 Å². The molecule has 2 N–H and O–H groups in total. The summed E-state index contributed by atoms with van der Waals surface area (Å²) < 4.78 is 37.5. The van der Waals surface area contributed by atoms with Crippen molar-refractivity contribution in [1.82, 2.24) is 15.2 Å². The van der Waals surface area contributed by atoms with Crippen molar-refractivity contribution in [3.8, 4) is 0 Å². The van der Waals surface area contributed by atoms with Gasteiger partial charge in [0, 0.05) is 11.6 Å². The minimum atomic E-state index is -3.73. The Morgan fingerprint density at radius 1 is 1.33 bits per heavy atom. The second kappa shape index (κ2) is 6.00. The largest absolute Gasteiger partial charge is 0.447 e. The molecule has 0 bridgehead atoms. The zero-order valence-corrected chi connectivity index (χ0v) is 13.2. The van der Waals surface area contributed by atoms with E-state index in [2.05, 4.69) is 15.2 Å². The highest BCUT2D eigenvalue weighted by Crippen LogP contribution is 2.23. The van der Waals surface area contributed by atoms with Crippen LogP contribution in [0.3, 0.4) is 0 Å². The molecule has 7 nitrogen and oxygen atoms in total. The predicted molar refractivity (Wildman–Crippen MR) is 76.2 cm³/mol. The summed E-state index contributed by atoms with van der Waals surface area (Å²) in [4.78, 5) is 0. The number of hydrogen-bond donors (Lipinski definition) is 2. The third-order valence-electron chi connectivity index (χ3n) is 3.11. The van der Waals surface area contributed by atoms with Crippen molar-refractivity contribution < 1.29 is 17.4 Å². The number of furan rings is 1. The van der Waals surface area contributed by atoms with Gasteiger partial charge in [0.2, 0.25) is 5.09 Å². The molecule has 8 heteroatoms. The second-order valence-electron chi connectivity index (χ2n) is 4.83. The van der Waals surface area contributed by atoms with Crippen molar-refractivity contribution in [3.05, 3.63) is 34.9 Å². The van der Waals surface area contributed by atoms with E-state index in [4.69, 9.17) is 8.94 Å². The normalized spacial score (nSPS) is 13.5. The Morgan fingerprint density at radius 2 is 2.05 bits per heavy atom. The monoisotopic (exact) mass is 313 g/mol. The molecule has 0 fully saturated rings. The van der Waals surface area contributed by atoms with E-state index in [1.807, 2.05) is 0 Å². The van der Waals surface area contributed by atoms with Gasteiger partial charge in [0.25, 0.3) is 10.0 Å². The maximum Gasteiger partial charge on any atom is 0.274 e. The highest BCUT2D eigenvalue weighted by molar-refractivity contribution is 7.89. The minimum Gasteiger partial charge on any atom is -0.447 e. The number of aromatic nitrogens is 1. The Hall–Kier alpha value is -1.64. The lowest BCUT2D eigenvalue weighted by atomic mass is 10.1. The Morgan fingerprint density at radius 3 is 2.62 bits per heavy atom. The van der Waals surface area contributed by atoms with Crippen LogP contribution in [0.4, 0.5) is 0 Å². The molecule has 1 atom stereocenters. The number of sulfonamides is 1. The highest BCUT2D eigenvalue weighted by Gasteiger charge is 2.25. The fourth-order valence-corrected chi connectivity index (χ4v) is 3.39. The Labute approximate surface area is 123 Å². The van der Waals surface area contributed by atoms with Crippen LogP contribution in [0.5, 0.6) is 0 Å². The molecule has 116 valence electrons. The van der Waals surface area contributed by atoms with Gasteiger partial charge in [0.1, 0.15) is 11.5 Å². The smallest absolute Gasteiger partial charge is 0.274 e. The van der Waals surface area contributed by atoms with Crippen LogP contribution in [-0.4, -0.2) is 20.6 Å². The zero-order valence-electron chi connectivity index (χ0n) is 12.4. The zero-order chi connectivity index (χ0) is 15.6. The molecular formula is C13H19N3O4S. The molecule has 2 heterocycles. The molecule has 0 saturated carbocycles. The van der Waals surface area contributed by atoms with Crippen molar-refractivity contribution >= 4 is 10.0 Å². The van der Waals surface area contributed by atoms with Crippen LogP contribution in [0, 0.1) is 13.8 Å². The first-order chi connectivity index (χ1) is 9.85. The molecule has 0 radical (unpaired) electrons. The van der Waals surface area contributed by atoms with Gasteiger partial charge >= 0.3 is 0 Å². The van der Waals surface area contributed by atoms with Crippen LogP contribution < -0.4 is 10.0 Å². The SMILES string of the molecule is CNCc1ccc(S(=O)(=O)NC(C)c2c(C)noc2C)o1. The molecule has 2 aromatic rings. The Kier molecular flexibility index (Phi) is 4.50. The molecule has 0 aromatic carbocycles. The van der Waals surface area contributed by atoms with Crippen LogP contribution in [0.15, 0.2) is 26.2 Å². The van der Waals surface area contributed by atoms with Gasteiger partial charge in [-0.1, -0.05) is 5.16 Å². The number of nitrogens with one attached hydrogen (secondary N) is 2. The molecule has 1 unspecified atom stereocenters. The lowest BCUT2D eigenvalue weighted by Gasteiger charge is -2.12. The molecule has 0 aliphatic heterocycles. The molecule has 2 aromatic heterocycles. The lowest BCUT2D eigenvalue weighted by molar-refractivity contribution is 0.390. The van der Waals surface area contributed by atoms with E-state index in [-0.39, 0.29) is 5.09 Å². The number of rotatable bonds is 6. The minimum absolute atomic E-state index is 0.105. The summed E-state index contributed by atoms with van der Waals surface area (Å²) in [6.07, 6.45) is 0. The first kappa shape index (κ1) is 15.7. The third-order valence-corrected chi connectivity index (χ3v) is 4.52. The summed E-state index contributed by atoms with van der Waals surface area (Å²) >= 11 is 0. The van der Waals surface area contributed by atoms with Crippen molar-refractivity contribution in [2.24, 2.45) is 0 Å². The molecule has 0 spiro atoms. The van der Waals surface area contributed by atoms with Gasteiger partial charge < -0.3 is 14.3 Å². The van der Waals surface area contributed by atoms with Crippen LogP contribution in [0.25, 0.3) is 0 Å². The molecule has 0 aliphatic carbocycles. The van der Waals surface area contributed by atoms with Gasteiger partial charge in [-0.2, -0.15) is 0 Å². The Balaban J connectivity index is 2.20. The molecule has 0 saturated heterocycles. The standard InChI is InChI=1S/C13H19N3O4S/c1-8-13(10(3)20-15-8)9(2)16-21(17,18)12-6-5-11(19-12)7-14-4/h5-6,9,14,16H,7H2,1-4H3. The van der Waals surface area contributed by atoms with Crippen molar-refractivity contribution in [2.75, 3.05) is 7.05 Å². The van der Waals surface area contributed by atoms with Gasteiger partial charge in [0.15, 0.2) is 0 Å². The first-order valence-electron chi connectivity index (χ1n) is 6.53. The van der Waals surface area contributed by atoms with E-state index in [9.17, 15) is 8.42 Å². The number of hydrogen-bond acceptors (Lipinski definition) is 6. The van der Waals surface area contributed by atoms with E-state index >= 15 is 0 Å².